The van der Waals surface area contributed by atoms with Crippen LogP contribution in [0.3, 0.4) is 0 Å². The number of aryl methyl sites for hydroxylation is 1. The zero-order valence-corrected chi connectivity index (χ0v) is 14.0. The molecular formula is C16H13ClFN3O2S. The second-order valence-electron chi connectivity index (χ2n) is 5.02. The first-order valence-corrected chi connectivity index (χ1v) is 8.49. The van der Waals surface area contributed by atoms with Crippen molar-refractivity contribution in [2.45, 2.75) is 19.3 Å². The average molecular weight is 366 g/mol. The van der Waals surface area contributed by atoms with Crippen LogP contribution in [0.1, 0.15) is 18.7 Å². The van der Waals surface area contributed by atoms with Crippen molar-refractivity contribution in [3.8, 4) is 10.7 Å². The van der Waals surface area contributed by atoms with Crippen molar-refractivity contribution in [1.82, 2.24) is 10.1 Å². The van der Waals surface area contributed by atoms with Gasteiger partial charge in [0, 0.05) is 18.5 Å². The molecule has 0 fully saturated rings. The van der Waals surface area contributed by atoms with Crippen molar-refractivity contribution < 1.29 is 13.7 Å². The average Bonchev–Trinajstić information content (AvgIpc) is 3.22. The lowest BCUT2D eigenvalue weighted by Crippen LogP contribution is -2.11. The largest absolute Gasteiger partial charge is 0.339 e. The standard InChI is InChI=1S/C16H13ClFN3O2S/c17-11-9-10(6-7-12(11)18)19-14(22)4-1-5-15-20-16(21-23-15)13-3-2-8-24-13/h2-3,6-9H,1,4-5H2,(H,19,22). The van der Waals surface area contributed by atoms with Crippen molar-refractivity contribution in [1.29, 1.82) is 0 Å². The quantitative estimate of drug-likeness (QED) is 0.695. The van der Waals surface area contributed by atoms with E-state index in [0.29, 0.717) is 30.2 Å². The van der Waals surface area contributed by atoms with Gasteiger partial charge >= 0.3 is 0 Å². The number of halogens is 2. The predicted octanol–water partition coefficient (Wildman–Crippen LogP) is 4.55. The summed E-state index contributed by atoms with van der Waals surface area (Å²) in [5.41, 5.74) is 0.462. The summed E-state index contributed by atoms with van der Waals surface area (Å²) in [5, 5.41) is 8.50. The highest BCUT2D eigenvalue weighted by Gasteiger charge is 2.10. The van der Waals surface area contributed by atoms with Crippen LogP contribution in [0.15, 0.2) is 40.2 Å². The van der Waals surface area contributed by atoms with Crippen molar-refractivity contribution in [2.75, 3.05) is 5.32 Å². The summed E-state index contributed by atoms with van der Waals surface area (Å²) in [6, 6.07) is 7.88. The van der Waals surface area contributed by atoms with Crippen molar-refractivity contribution in [2.24, 2.45) is 0 Å². The van der Waals surface area contributed by atoms with Crippen molar-refractivity contribution >= 4 is 34.5 Å². The van der Waals surface area contributed by atoms with Crippen LogP contribution >= 0.6 is 22.9 Å². The highest BCUT2D eigenvalue weighted by atomic mass is 35.5. The van der Waals surface area contributed by atoms with Crippen LogP contribution in [0, 0.1) is 5.82 Å². The normalized spacial score (nSPS) is 10.8. The van der Waals surface area contributed by atoms with Crippen molar-refractivity contribution in [3.05, 3.63) is 52.4 Å². The van der Waals surface area contributed by atoms with Gasteiger partial charge in [0.1, 0.15) is 5.82 Å². The van der Waals surface area contributed by atoms with Crippen LogP contribution in [0.25, 0.3) is 10.7 Å². The molecule has 0 bridgehead atoms. The van der Waals surface area contributed by atoms with Crippen molar-refractivity contribution in [3.63, 3.8) is 0 Å². The molecule has 124 valence electrons. The number of aromatic nitrogens is 2. The van der Waals surface area contributed by atoms with E-state index in [1.54, 1.807) is 0 Å². The topological polar surface area (TPSA) is 68.0 Å². The maximum absolute atomic E-state index is 13.1. The van der Waals surface area contributed by atoms with Crippen LogP contribution in [-0.4, -0.2) is 16.0 Å². The van der Waals surface area contributed by atoms with Crippen LogP contribution in [-0.2, 0) is 11.2 Å². The van der Waals surface area contributed by atoms with Gasteiger partial charge in [-0.1, -0.05) is 22.8 Å². The number of anilines is 1. The third kappa shape index (κ3) is 4.18. The summed E-state index contributed by atoms with van der Waals surface area (Å²) in [6.07, 6.45) is 1.36. The van der Waals surface area contributed by atoms with Gasteiger partial charge in [0.25, 0.3) is 0 Å². The maximum atomic E-state index is 13.1. The monoisotopic (exact) mass is 365 g/mol. The van der Waals surface area contributed by atoms with Crippen LogP contribution in [0.5, 0.6) is 0 Å². The summed E-state index contributed by atoms with van der Waals surface area (Å²) >= 11 is 7.21. The van der Waals surface area contributed by atoms with Gasteiger partial charge in [0.05, 0.1) is 9.90 Å². The molecule has 5 nitrogen and oxygen atoms in total. The minimum atomic E-state index is -0.521. The summed E-state index contributed by atoms with van der Waals surface area (Å²) in [7, 11) is 0. The fraction of sp³-hybridized carbons (Fsp3) is 0.188. The third-order valence-corrected chi connectivity index (χ3v) is 4.36. The van der Waals surface area contributed by atoms with Crippen LogP contribution < -0.4 is 5.32 Å². The Labute approximate surface area is 146 Å². The molecular weight excluding hydrogens is 353 g/mol. The molecule has 1 aromatic carbocycles. The number of nitrogens with zero attached hydrogens (tertiary/aromatic N) is 2. The van der Waals surface area contributed by atoms with E-state index in [-0.39, 0.29) is 17.4 Å². The van der Waals surface area contributed by atoms with Crippen LogP contribution in [0.2, 0.25) is 5.02 Å². The molecule has 0 aliphatic heterocycles. The van der Waals surface area contributed by atoms with E-state index in [0.717, 1.165) is 4.88 Å². The minimum absolute atomic E-state index is 0.0280. The van der Waals surface area contributed by atoms with Gasteiger partial charge in [-0.2, -0.15) is 4.98 Å². The molecule has 8 heteroatoms. The molecule has 0 aliphatic carbocycles. The number of hydrogen-bond acceptors (Lipinski definition) is 5. The summed E-state index contributed by atoms with van der Waals surface area (Å²) in [6.45, 7) is 0. The summed E-state index contributed by atoms with van der Waals surface area (Å²) in [4.78, 5) is 17.1. The zero-order chi connectivity index (χ0) is 16.9. The first-order chi connectivity index (χ1) is 11.6. The maximum Gasteiger partial charge on any atom is 0.226 e. The highest BCUT2D eigenvalue weighted by Crippen LogP contribution is 2.22. The smallest absolute Gasteiger partial charge is 0.226 e. The lowest BCUT2D eigenvalue weighted by molar-refractivity contribution is -0.116. The lowest BCUT2D eigenvalue weighted by atomic mass is 10.2. The molecule has 0 aliphatic rings. The van der Waals surface area contributed by atoms with Crippen LogP contribution in [0.4, 0.5) is 10.1 Å². The fourth-order valence-electron chi connectivity index (χ4n) is 2.06. The molecule has 0 atom stereocenters. The zero-order valence-electron chi connectivity index (χ0n) is 12.5. The number of hydrogen-bond donors (Lipinski definition) is 1. The Balaban J connectivity index is 1.47. The number of carbonyl (C=O) groups excluding carboxylic acids is 1. The van der Waals surface area contributed by atoms with E-state index in [1.807, 2.05) is 17.5 Å². The fourth-order valence-corrected chi connectivity index (χ4v) is 2.89. The first kappa shape index (κ1) is 16.6. The Morgan fingerprint density at radius 2 is 2.25 bits per heavy atom. The molecule has 2 aromatic heterocycles. The van der Waals surface area contributed by atoms with Gasteiger partial charge in [-0.3, -0.25) is 4.79 Å². The second-order valence-corrected chi connectivity index (χ2v) is 6.37. The molecule has 0 unspecified atom stereocenters. The Kier molecular flexibility index (Phi) is 5.22. The Morgan fingerprint density at radius 1 is 1.38 bits per heavy atom. The van der Waals surface area contributed by atoms with Gasteiger partial charge in [0.15, 0.2) is 0 Å². The SMILES string of the molecule is O=C(CCCc1nc(-c2cccs2)no1)Nc1ccc(F)c(Cl)c1. The molecule has 1 N–H and O–H groups in total. The Morgan fingerprint density at radius 3 is 3.00 bits per heavy atom. The number of carbonyl (C=O) groups is 1. The molecule has 0 saturated carbocycles. The van der Waals surface area contributed by atoms with Gasteiger partial charge in [-0.05, 0) is 36.1 Å². The van der Waals surface area contributed by atoms with Gasteiger partial charge in [-0.15, -0.1) is 11.3 Å². The van der Waals surface area contributed by atoms with E-state index in [1.165, 1.54) is 29.5 Å². The molecule has 3 rings (SSSR count). The van der Waals surface area contributed by atoms with E-state index in [4.69, 9.17) is 16.1 Å². The third-order valence-electron chi connectivity index (χ3n) is 3.21. The Bertz CT molecular complexity index is 836. The van der Waals surface area contributed by atoms with E-state index in [9.17, 15) is 9.18 Å². The molecule has 1 amide bonds. The summed E-state index contributed by atoms with van der Waals surface area (Å²) < 4.78 is 18.2. The highest BCUT2D eigenvalue weighted by molar-refractivity contribution is 7.13. The predicted molar refractivity (Wildman–Crippen MR) is 90.6 cm³/mol. The number of amides is 1. The molecule has 2 heterocycles. The van der Waals surface area contributed by atoms with E-state index >= 15 is 0 Å². The van der Waals surface area contributed by atoms with E-state index in [2.05, 4.69) is 15.5 Å². The van der Waals surface area contributed by atoms with Gasteiger partial charge in [0.2, 0.25) is 17.6 Å². The van der Waals surface area contributed by atoms with E-state index < -0.39 is 5.82 Å². The summed E-state index contributed by atoms with van der Waals surface area (Å²) in [5.74, 6) is 0.352. The number of thiophene rings is 1. The molecule has 3 aromatic rings. The minimum Gasteiger partial charge on any atom is -0.339 e. The number of nitrogens with one attached hydrogen (secondary N) is 1. The molecule has 0 saturated heterocycles. The Hall–Kier alpha value is -2.25. The number of benzene rings is 1. The van der Waals surface area contributed by atoms with Gasteiger partial charge in [-0.25, -0.2) is 4.39 Å². The lowest BCUT2D eigenvalue weighted by Gasteiger charge is -2.05. The molecule has 24 heavy (non-hydrogen) atoms. The second kappa shape index (κ2) is 7.55. The molecule has 0 spiro atoms. The van der Waals surface area contributed by atoms with Gasteiger partial charge < -0.3 is 9.84 Å². The molecule has 0 radical (unpaired) electrons. The first-order valence-electron chi connectivity index (χ1n) is 7.23. The number of rotatable bonds is 6.